The Morgan fingerprint density at radius 3 is 2.00 bits per heavy atom. The molecule has 0 rings (SSSR count). The molecule has 0 radical (unpaired) electrons. The fraction of sp³-hybridized carbons (Fsp3) is 0.667. The quantitative estimate of drug-likeness (QED) is 0.624. The van der Waals surface area contributed by atoms with Crippen molar-refractivity contribution in [2.24, 2.45) is 0 Å². The van der Waals surface area contributed by atoms with Gasteiger partial charge < -0.3 is 0 Å². The molecule has 0 fully saturated rings. The number of hydrogen-bond donors (Lipinski definition) is 0. The van der Waals surface area contributed by atoms with Crippen LogP contribution in [0.4, 0.5) is 13.2 Å². The van der Waals surface area contributed by atoms with Crippen LogP contribution in [0.5, 0.6) is 0 Å². The van der Waals surface area contributed by atoms with Crippen LogP contribution in [-0.4, -0.2) is 46.2 Å². The van der Waals surface area contributed by atoms with Gasteiger partial charge in [-0.3, -0.25) is 9.00 Å². The maximum atomic E-state index is 11.7. The van der Waals surface area contributed by atoms with E-state index in [9.17, 15) is 22.2 Å². The van der Waals surface area contributed by atoms with Gasteiger partial charge in [-0.1, -0.05) is 0 Å². The largest absolute Gasteiger partial charge is 0.454 e. The highest BCUT2D eigenvalue weighted by atomic mass is 32.2. The number of ketones is 1. The number of halogens is 3. The Morgan fingerprint density at radius 2 is 1.77 bits per heavy atom. The van der Waals surface area contributed by atoms with Crippen molar-refractivity contribution in [3.05, 3.63) is 0 Å². The molecule has 0 aliphatic rings. The highest BCUT2D eigenvalue weighted by Crippen LogP contribution is 2.15. The summed E-state index contributed by atoms with van der Waals surface area (Å²) in [4.78, 5) is 10.4. The zero-order chi connectivity index (χ0) is 10.9. The zero-order valence-electron chi connectivity index (χ0n) is 7.38. The van der Waals surface area contributed by atoms with Gasteiger partial charge in [0.2, 0.25) is 0 Å². The van der Waals surface area contributed by atoms with Crippen LogP contribution < -0.4 is 0 Å². The predicted molar refractivity (Wildman–Crippen MR) is 44.9 cm³/mol. The Bertz CT molecular complexity index is 312. The molecule has 0 saturated heterocycles. The van der Waals surface area contributed by atoms with Gasteiger partial charge in [0.05, 0.1) is 5.37 Å². The van der Waals surface area contributed by atoms with Gasteiger partial charge in [0.25, 0.3) is 5.78 Å². The van der Waals surface area contributed by atoms with E-state index in [2.05, 4.69) is 0 Å². The van der Waals surface area contributed by atoms with E-state index < -0.39 is 21.7 Å². The van der Waals surface area contributed by atoms with Crippen molar-refractivity contribution in [1.82, 2.24) is 4.31 Å². The highest BCUT2D eigenvalue weighted by molar-refractivity contribution is 7.99. The highest BCUT2D eigenvalue weighted by Gasteiger charge is 2.37. The van der Waals surface area contributed by atoms with Crippen molar-refractivity contribution < 1.29 is 22.2 Å². The summed E-state index contributed by atoms with van der Waals surface area (Å²) in [6, 6.07) is 0. The summed E-state index contributed by atoms with van der Waals surface area (Å²) in [7, 11) is -0.320. The van der Waals surface area contributed by atoms with E-state index in [1.807, 2.05) is 0 Å². The summed E-state index contributed by atoms with van der Waals surface area (Å²) in [5.41, 5.74) is 0. The third kappa shape index (κ3) is 3.77. The number of alkyl halides is 3. The Morgan fingerprint density at radius 1 is 1.38 bits per heavy atom. The molecule has 0 bridgehead atoms. The lowest BCUT2D eigenvalue weighted by Gasteiger charge is -2.13. The standard InChI is InChI=1S/C6H10F3NO2S/c1-10(2)13(3,12)4-5(11)6(7,8)9/h4H,1-3H3. The first-order chi connectivity index (χ1) is 5.57. The van der Waals surface area contributed by atoms with E-state index in [4.69, 9.17) is 0 Å². The van der Waals surface area contributed by atoms with Crippen LogP contribution in [0.25, 0.3) is 0 Å². The van der Waals surface area contributed by atoms with Crippen LogP contribution in [0, 0.1) is 0 Å². The van der Waals surface area contributed by atoms with Gasteiger partial charge in [-0.25, -0.2) is 4.31 Å². The minimum Gasteiger partial charge on any atom is -0.284 e. The maximum absolute atomic E-state index is 11.7. The van der Waals surface area contributed by atoms with E-state index in [0.29, 0.717) is 0 Å². The number of hydrogen-bond acceptors (Lipinski definition) is 2. The molecule has 0 aliphatic carbocycles. The molecule has 0 aromatic rings. The fourth-order valence-corrected chi connectivity index (χ4v) is 1.11. The van der Waals surface area contributed by atoms with Crippen LogP contribution >= 0.6 is 0 Å². The maximum Gasteiger partial charge on any atom is 0.454 e. The lowest BCUT2D eigenvalue weighted by atomic mass is 10.4. The van der Waals surface area contributed by atoms with E-state index in [-0.39, 0.29) is 5.37 Å². The summed E-state index contributed by atoms with van der Waals surface area (Å²) in [6.07, 6.45) is -3.88. The number of nitrogens with zero attached hydrogens (tertiary/aromatic N) is 1. The molecule has 13 heavy (non-hydrogen) atoms. The van der Waals surface area contributed by atoms with Crippen LogP contribution in [0.2, 0.25) is 0 Å². The van der Waals surface area contributed by atoms with Crippen molar-refractivity contribution in [2.75, 3.05) is 20.4 Å². The van der Waals surface area contributed by atoms with Crippen molar-refractivity contribution in [3.8, 4) is 0 Å². The number of Topliss-reactive ketones (excluding diaryl/α,β-unsaturated/α-hetero) is 1. The molecule has 0 spiro atoms. The normalized spacial score (nSPS) is 16.8. The monoisotopic (exact) mass is 217 g/mol. The van der Waals surface area contributed by atoms with Gasteiger partial charge in [0, 0.05) is 16.0 Å². The molecule has 7 heteroatoms. The Hall–Kier alpha value is -0.560. The average Bonchev–Trinajstić information content (AvgIpc) is 1.83. The third-order valence-corrected chi connectivity index (χ3v) is 3.43. The van der Waals surface area contributed by atoms with Gasteiger partial charge in [0.15, 0.2) is 0 Å². The molecule has 3 nitrogen and oxygen atoms in total. The van der Waals surface area contributed by atoms with E-state index >= 15 is 0 Å². The van der Waals surface area contributed by atoms with Crippen LogP contribution in [-0.2, 0) is 14.5 Å². The molecule has 1 atom stereocenters. The molecule has 0 heterocycles. The Balaban J connectivity index is 4.99. The average molecular weight is 217 g/mol. The smallest absolute Gasteiger partial charge is 0.284 e. The second-order valence-corrected chi connectivity index (χ2v) is 5.34. The van der Waals surface area contributed by atoms with Crippen LogP contribution in [0.3, 0.4) is 0 Å². The van der Waals surface area contributed by atoms with Crippen molar-refractivity contribution >= 4 is 20.9 Å². The second kappa shape index (κ2) is 3.67. The number of carbonyl (C=O) groups excluding carboxylic acids is 1. The first kappa shape index (κ1) is 12.4. The molecule has 0 saturated carbocycles. The molecule has 0 N–H and O–H groups in total. The lowest BCUT2D eigenvalue weighted by molar-refractivity contribution is -0.162. The van der Waals surface area contributed by atoms with Gasteiger partial charge in [-0.2, -0.15) is 13.2 Å². The van der Waals surface area contributed by atoms with Crippen molar-refractivity contribution in [1.29, 1.82) is 0 Å². The van der Waals surface area contributed by atoms with Crippen molar-refractivity contribution in [2.45, 2.75) is 6.18 Å². The predicted octanol–water partition coefficient (Wildman–Crippen LogP) is 0.311. The molecule has 78 valence electrons. The summed E-state index contributed by atoms with van der Waals surface area (Å²) >= 11 is 0. The molecule has 0 aromatic heterocycles. The molecule has 0 aliphatic heterocycles. The lowest BCUT2D eigenvalue weighted by Crippen LogP contribution is -2.31. The van der Waals surface area contributed by atoms with Gasteiger partial charge in [-0.15, -0.1) is 0 Å². The minimum absolute atomic E-state index is 0.201. The van der Waals surface area contributed by atoms with E-state index in [0.717, 1.165) is 10.6 Å². The molecular formula is C6H10F3NO2S. The van der Waals surface area contributed by atoms with Crippen LogP contribution in [0.15, 0.2) is 0 Å². The van der Waals surface area contributed by atoms with Gasteiger partial charge >= 0.3 is 6.18 Å². The molecule has 0 aromatic carbocycles. The second-order valence-electron chi connectivity index (χ2n) is 2.65. The van der Waals surface area contributed by atoms with Crippen molar-refractivity contribution in [3.63, 3.8) is 0 Å². The van der Waals surface area contributed by atoms with E-state index in [1.165, 1.54) is 14.1 Å². The van der Waals surface area contributed by atoms with Gasteiger partial charge in [0.1, 0.15) is 0 Å². The van der Waals surface area contributed by atoms with Gasteiger partial charge in [-0.05, 0) is 14.1 Å². The topological polar surface area (TPSA) is 37.4 Å². The summed E-state index contributed by atoms with van der Waals surface area (Å²) in [5, 5.41) is 0.201. The summed E-state index contributed by atoms with van der Waals surface area (Å²) in [6.45, 7) is 0. The SMILES string of the molecule is CN(C)S(C)(=O)=CC(=O)C(F)(F)F. The molecule has 1 unspecified atom stereocenters. The first-order valence-corrected chi connectivity index (χ1v) is 5.18. The first-order valence-electron chi connectivity index (χ1n) is 3.20. The molecular weight excluding hydrogens is 207 g/mol. The van der Waals surface area contributed by atoms with Crippen LogP contribution in [0.1, 0.15) is 0 Å². The summed E-state index contributed by atoms with van der Waals surface area (Å²) in [5.74, 6) is -2.08. The zero-order valence-corrected chi connectivity index (χ0v) is 8.20. The minimum atomic E-state index is -4.95. The Labute approximate surface area is 74.7 Å². The number of carbonyl (C=O) groups is 1. The van der Waals surface area contributed by atoms with E-state index in [1.54, 1.807) is 0 Å². The molecule has 0 amide bonds. The fourth-order valence-electron chi connectivity index (χ4n) is 0.371. The Kier molecular flexibility index (Phi) is 3.51. The number of rotatable bonds is 2. The summed E-state index contributed by atoms with van der Waals surface area (Å²) < 4.78 is 47.5. The third-order valence-electron chi connectivity index (χ3n) is 1.33.